The minimum absolute atomic E-state index is 0.274. The Balaban J connectivity index is 1.90. The first-order chi connectivity index (χ1) is 9.79. The smallest absolute Gasteiger partial charge is 0.124 e. The molecule has 0 unspecified atom stereocenters. The molecule has 0 spiro atoms. The van der Waals surface area contributed by atoms with Crippen LogP contribution in [0.4, 0.5) is 4.39 Å². The highest BCUT2D eigenvalue weighted by Gasteiger charge is 1.99. The van der Waals surface area contributed by atoms with Crippen molar-refractivity contribution in [2.24, 2.45) is 0 Å². The number of ether oxygens (including phenoxy) is 1. The van der Waals surface area contributed by atoms with Crippen LogP contribution in [0, 0.1) is 17.7 Å². The predicted octanol–water partition coefficient (Wildman–Crippen LogP) is 4.29. The van der Waals surface area contributed by atoms with Crippen LogP contribution in [0.1, 0.15) is 16.7 Å². The third-order valence-electron chi connectivity index (χ3n) is 2.72. The molecule has 0 amide bonds. The van der Waals surface area contributed by atoms with Crippen LogP contribution in [-0.2, 0) is 16.7 Å². The van der Waals surface area contributed by atoms with E-state index in [-0.39, 0.29) is 5.82 Å². The van der Waals surface area contributed by atoms with Crippen LogP contribution in [0.2, 0.25) is 0 Å². The first-order valence-electron chi connectivity index (χ1n) is 6.24. The SMILES string of the molecule is Fc1ccc(CBr)c(C#CCOCc2ccccc2)c1. The maximum atomic E-state index is 13.2. The molecule has 0 fully saturated rings. The fourth-order valence-corrected chi connectivity index (χ4v) is 2.20. The number of hydrogen-bond acceptors (Lipinski definition) is 1. The molecule has 0 saturated heterocycles. The second-order valence-corrected chi connectivity index (χ2v) is 4.78. The van der Waals surface area contributed by atoms with Gasteiger partial charge in [-0.1, -0.05) is 64.2 Å². The average Bonchev–Trinajstić information content (AvgIpc) is 2.48. The van der Waals surface area contributed by atoms with Gasteiger partial charge in [-0.3, -0.25) is 0 Å². The van der Waals surface area contributed by atoms with E-state index in [1.807, 2.05) is 30.3 Å². The Labute approximate surface area is 126 Å². The van der Waals surface area contributed by atoms with Crippen LogP contribution >= 0.6 is 15.9 Å². The van der Waals surface area contributed by atoms with Gasteiger partial charge < -0.3 is 4.74 Å². The Morgan fingerprint density at radius 1 is 1.10 bits per heavy atom. The zero-order chi connectivity index (χ0) is 14.2. The Kier molecular flexibility index (Phi) is 5.79. The molecule has 0 saturated carbocycles. The van der Waals surface area contributed by atoms with Gasteiger partial charge in [-0.15, -0.1) is 0 Å². The zero-order valence-corrected chi connectivity index (χ0v) is 12.5. The molecule has 0 aliphatic rings. The molecule has 3 heteroatoms. The standard InChI is InChI=1S/C17H14BrFO/c18-12-16-8-9-17(19)11-15(16)7-4-10-20-13-14-5-2-1-3-6-14/h1-3,5-6,8-9,11H,10,12-13H2. The highest BCUT2D eigenvalue weighted by atomic mass is 79.9. The number of alkyl halides is 1. The maximum Gasteiger partial charge on any atom is 0.124 e. The number of halogens is 2. The summed E-state index contributed by atoms with van der Waals surface area (Å²) in [4.78, 5) is 0. The fourth-order valence-electron chi connectivity index (χ4n) is 1.71. The van der Waals surface area contributed by atoms with Gasteiger partial charge in [0.1, 0.15) is 12.4 Å². The monoisotopic (exact) mass is 332 g/mol. The van der Waals surface area contributed by atoms with E-state index in [0.29, 0.717) is 24.1 Å². The summed E-state index contributed by atoms with van der Waals surface area (Å²) >= 11 is 3.36. The lowest BCUT2D eigenvalue weighted by atomic mass is 10.1. The molecule has 0 aliphatic heterocycles. The third-order valence-corrected chi connectivity index (χ3v) is 3.33. The zero-order valence-electron chi connectivity index (χ0n) is 10.9. The second-order valence-electron chi connectivity index (χ2n) is 4.22. The van der Waals surface area contributed by atoms with Crippen molar-refractivity contribution in [3.05, 3.63) is 71.0 Å². The van der Waals surface area contributed by atoms with Crippen LogP contribution in [0.5, 0.6) is 0 Å². The number of hydrogen-bond donors (Lipinski definition) is 0. The summed E-state index contributed by atoms with van der Waals surface area (Å²) in [6.45, 7) is 0.858. The Bertz CT molecular complexity index is 614. The second kappa shape index (κ2) is 7.84. The van der Waals surface area contributed by atoms with E-state index in [4.69, 9.17) is 4.74 Å². The van der Waals surface area contributed by atoms with Gasteiger partial charge >= 0.3 is 0 Å². The van der Waals surface area contributed by atoms with Gasteiger partial charge in [-0.2, -0.15) is 0 Å². The van der Waals surface area contributed by atoms with Gasteiger partial charge in [0, 0.05) is 10.9 Å². The molecule has 20 heavy (non-hydrogen) atoms. The molecule has 1 nitrogen and oxygen atoms in total. The molecule has 2 aromatic carbocycles. The van der Waals surface area contributed by atoms with Crippen LogP contribution in [0.3, 0.4) is 0 Å². The lowest BCUT2D eigenvalue weighted by molar-refractivity contribution is 0.153. The summed E-state index contributed by atoms with van der Waals surface area (Å²) in [5.41, 5.74) is 2.79. The van der Waals surface area contributed by atoms with Crippen molar-refractivity contribution in [1.82, 2.24) is 0 Å². The number of rotatable bonds is 4. The molecule has 2 aromatic rings. The number of benzene rings is 2. The van der Waals surface area contributed by atoms with Crippen molar-refractivity contribution in [2.45, 2.75) is 11.9 Å². The maximum absolute atomic E-state index is 13.2. The highest BCUT2D eigenvalue weighted by molar-refractivity contribution is 9.08. The van der Waals surface area contributed by atoms with E-state index in [0.717, 1.165) is 11.1 Å². The minimum Gasteiger partial charge on any atom is -0.364 e. The van der Waals surface area contributed by atoms with Gasteiger partial charge in [-0.05, 0) is 23.3 Å². The quantitative estimate of drug-likeness (QED) is 0.461. The van der Waals surface area contributed by atoms with Gasteiger partial charge in [0.15, 0.2) is 0 Å². The summed E-state index contributed by atoms with van der Waals surface area (Å²) in [6, 6.07) is 14.5. The molecule has 0 heterocycles. The van der Waals surface area contributed by atoms with Crippen molar-refractivity contribution in [3.8, 4) is 11.8 Å². The van der Waals surface area contributed by atoms with Gasteiger partial charge in [0.25, 0.3) is 0 Å². The summed E-state index contributed by atoms with van der Waals surface area (Å²) in [6.07, 6.45) is 0. The van der Waals surface area contributed by atoms with E-state index in [1.54, 1.807) is 6.07 Å². The average molecular weight is 333 g/mol. The lowest BCUT2D eigenvalue weighted by Crippen LogP contribution is -1.93. The molecule has 0 N–H and O–H groups in total. The van der Waals surface area contributed by atoms with E-state index in [1.165, 1.54) is 12.1 Å². The van der Waals surface area contributed by atoms with E-state index in [2.05, 4.69) is 27.8 Å². The first kappa shape index (κ1) is 14.8. The van der Waals surface area contributed by atoms with Crippen molar-refractivity contribution in [1.29, 1.82) is 0 Å². The summed E-state index contributed by atoms with van der Waals surface area (Å²) in [5, 5.41) is 0.655. The third kappa shape index (κ3) is 4.48. The van der Waals surface area contributed by atoms with Crippen LogP contribution < -0.4 is 0 Å². The molecular weight excluding hydrogens is 319 g/mol. The van der Waals surface area contributed by atoms with Crippen molar-refractivity contribution >= 4 is 15.9 Å². The topological polar surface area (TPSA) is 9.23 Å². The van der Waals surface area contributed by atoms with Gasteiger partial charge in [-0.25, -0.2) is 4.39 Å². The molecule has 0 aromatic heterocycles. The summed E-state index contributed by atoms with van der Waals surface area (Å²) in [7, 11) is 0. The van der Waals surface area contributed by atoms with E-state index >= 15 is 0 Å². The van der Waals surface area contributed by atoms with Gasteiger partial charge in [0.2, 0.25) is 0 Å². The molecular formula is C17H14BrFO. The molecule has 0 bridgehead atoms. The Morgan fingerprint density at radius 3 is 2.65 bits per heavy atom. The van der Waals surface area contributed by atoms with Crippen molar-refractivity contribution in [3.63, 3.8) is 0 Å². The van der Waals surface area contributed by atoms with Crippen molar-refractivity contribution < 1.29 is 9.13 Å². The fraction of sp³-hybridized carbons (Fsp3) is 0.176. The predicted molar refractivity (Wildman–Crippen MR) is 82.0 cm³/mol. The normalized spacial score (nSPS) is 9.90. The van der Waals surface area contributed by atoms with Gasteiger partial charge in [0.05, 0.1) is 6.61 Å². The Morgan fingerprint density at radius 2 is 1.90 bits per heavy atom. The molecule has 102 valence electrons. The summed E-state index contributed by atoms with van der Waals surface area (Å²) in [5.74, 6) is 5.59. The molecule has 0 atom stereocenters. The highest BCUT2D eigenvalue weighted by Crippen LogP contribution is 2.13. The molecule has 2 rings (SSSR count). The van der Waals surface area contributed by atoms with Crippen LogP contribution in [0.25, 0.3) is 0 Å². The van der Waals surface area contributed by atoms with E-state index in [9.17, 15) is 4.39 Å². The summed E-state index contributed by atoms with van der Waals surface area (Å²) < 4.78 is 18.6. The minimum atomic E-state index is -0.274. The van der Waals surface area contributed by atoms with Crippen molar-refractivity contribution in [2.75, 3.05) is 6.61 Å². The first-order valence-corrected chi connectivity index (χ1v) is 7.36. The van der Waals surface area contributed by atoms with Crippen LogP contribution in [0.15, 0.2) is 48.5 Å². The largest absolute Gasteiger partial charge is 0.364 e. The molecule has 0 aliphatic carbocycles. The Hall–Kier alpha value is -1.63. The van der Waals surface area contributed by atoms with E-state index < -0.39 is 0 Å². The molecule has 0 radical (unpaired) electrons. The van der Waals surface area contributed by atoms with Crippen LogP contribution in [-0.4, -0.2) is 6.61 Å². The lowest BCUT2D eigenvalue weighted by Gasteiger charge is -2.01.